The summed E-state index contributed by atoms with van der Waals surface area (Å²) in [6.45, 7) is 10.2. The lowest BCUT2D eigenvalue weighted by Gasteiger charge is -2.26. The van der Waals surface area contributed by atoms with E-state index in [0.717, 1.165) is 44.8 Å². The Morgan fingerprint density at radius 3 is 2.48 bits per heavy atom. The van der Waals surface area contributed by atoms with Crippen molar-refractivity contribution >= 4 is 24.7 Å². The normalized spacial score (nSPS) is 19.3. The molecule has 0 bridgehead atoms. The highest BCUT2D eigenvalue weighted by Crippen LogP contribution is 2.44. The number of nitrogens with one attached hydrogen (secondary N) is 1. The number of nitrogens with zero attached hydrogens (tertiary/aromatic N) is 3. The molecule has 2 atom stereocenters. The zero-order valence-corrected chi connectivity index (χ0v) is 23.8. The zero-order chi connectivity index (χ0) is 29.7. The first-order chi connectivity index (χ1) is 18.8. The Labute approximate surface area is 235 Å². The van der Waals surface area contributed by atoms with Gasteiger partial charge >= 0.3 is 13.7 Å². The van der Waals surface area contributed by atoms with E-state index in [2.05, 4.69) is 38.0 Å². The molecule has 4 rings (SSSR count). The van der Waals surface area contributed by atoms with Crippen LogP contribution in [-0.4, -0.2) is 34.8 Å². The number of aryl methyl sites for hydroxylation is 1. The highest BCUT2D eigenvalue weighted by atomic mass is 19.4. The van der Waals surface area contributed by atoms with Gasteiger partial charge in [-0.1, -0.05) is 46.2 Å². The monoisotopic (exact) mass is 553 g/mol. The van der Waals surface area contributed by atoms with E-state index in [9.17, 15) is 18.0 Å². The smallest absolute Gasteiger partial charge is 0.416 e. The van der Waals surface area contributed by atoms with Crippen molar-refractivity contribution in [2.24, 2.45) is 16.8 Å². The molecule has 0 spiro atoms. The molecule has 1 aromatic carbocycles. The number of benzene rings is 1. The van der Waals surface area contributed by atoms with E-state index in [4.69, 9.17) is 15.3 Å². The Bertz CT molecular complexity index is 1280. The van der Waals surface area contributed by atoms with Gasteiger partial charge in [-0.3, -0.25) is 9.79 Å². The van der Waals surface area contributed by atoms with Crippen molar-refractivity contribution in [2.75, 3.05) is 0 Å². The minimum absolute atomic E-state index is 0.118. The quantitative estimate of drug-likeness (QED) is 0.397. The topological polar surface area (TPSA) is 98.4 Å². The van der Waals surface area contributed by atoms with Crippen molar-refractivity contribution in [2.45, 2.75) is 90.8 Å². The zero-order valence-electron chi connectivity index (χ0n) is 23.8. The first-order valence-corrected chi connectivity index (χ1v) is 13.8. The van der Waals surface area contributed by atoms with Crippen LogP contribution in [0.15, 0.2) is 35.5 Å². The number of nitriles is 1. The molecule has 1 fully saturated rings. The average Bonchev–Trinajstić information content (AvgIpc) is 3.71. The molecule has 1 amide bonds. The number of rotatable bonds is 9. The molecular weight excluding hydrogens is 516 g/mol. The van der Waals surface area contributed by atoms with Crippen molar-refractivity contribution in [1.29, 1.82) is 5.26 Å². The van der Waals surface area contributed by atoms with Crippen molar-refractivity contribution in [3.63, 3.8) is 0 Å². The molecule has 1 aromatic heterocycles. The van der Waals surface area contributed by atoms with Gasteiger partial charge in [-0.15, -0.1) is 0 Å². The third-order valence-corrected chi connectivity index (χ3v) is 7.48. The van der Waals surface area contributed by atoms with Gasteiger partial charge in [0.1, 0.15) is 23.1 Å². The molecule has 1 aliphatic carbocycles. The highest BCUT2D eigenvalue weighted by Gasteiger charge is 2.45. The third kappa shape index (κ3) is 7.72. The molecule has 2 unspecified atom stereocenters. The van der Waals surface area contributed by atoms with Gasteiger partial charge in [0, 0.05) is 11.8 Å². The lowest BCUT2D eigenvalue weighted by atomic mass is 9.82. The lowest BCUT2D eigenvalue weighted by Crippen LogP contribution is -2.41. The van der Waals surface area contributed by atoms with Crippen molar-refractivity contribution in [3.05, 3.63) is 58.4 Å². The van der Waals surface area contributed by atoms with Gasteiger partial charge in [0.2, 0.25) is 0 Å². The number of alkyl halides is 3. The summed E-state index contributed by atoms with van der Waals surface area (Å²) in [4.78, 5) is 21.7. The number of hydrogen-bond donors (Lipinski definition) is 2. The van der Waals surface area contributed by atoms with E-state index in [1.54, 1.807) is 13.0 Å². The van der Waals surface area contributed by atoms with Crippen LogP contribution in [0, 0.1) is 30.1 Å². The van der Waals surface area contributed by atoms with Crippen LogP contribution in [0.25, 0.3) is 0 Å². The van der Waals surface area contributed by atoms with Gasteiger partial charge < -0.3 is 10.3 Å². The molecule has 1 aliphatic heterocycles. The van der Waals surface area contributed by atoms with Gasteiger partial charge in [0.25, 0.3) is 5.91 Å². The van der Waals surface area contributed by atoms with E-state index < -0.39 is 17.3 Å². The second kappa shape index (κ2) is 13.0. The number of amides is 1. The molecule has 2 heterocycles. The van der Waals surface area contributed by atoms with Gasteiger partial charge in [-0.2, -0.15) is 18.4 Å². The SMILES string of the molecule is CCC(C)CCC1(CC(C)C)N=C(c2ccc(C(F)(F)F)cc2C2CC2)NC1=O.Cc1cc([B]O)cnc1C#N. The van der Waals surface area contributed by atoms with Crippen LogP contribution in [0.2, 0.25) is 0 Å². The van der Waals surface area contributed by atoms with Gasteiger partial charge in [-0.05, 0) is 85.5 Å². The summed E-state index contributed by atoms with van der Waals surface area (Å²) < 4.78 is 39.6. The highest BCUT2D eigenvalue weighted by molar-refractivity contribution is 6.45. The van der Waals surface area contributed by atoms with Gasteiger partial charge in [0.05, 0.1) is 5.56 Å². The summed E-state index contributed by atoms with van der Waals surface area (Å²) in [5, 5.41) is 20.0. The number of hydrogen-bond acceptors (Lipinski definition) is 5. The van der Waals surface area contributed by atoms with E-state index in [1.807, 2.05) is 6.07 Å². The maximum Gasteiger partial charge on any atom is 0.416 e. The van der Waals surface area contributed by atoms with E-state index >= 15 is 0 Å². The maximum absolute atomic E-state index is 13.2. The molecule has 1 radical (unpaired) electrons. The summed E-state index contributed by atoms with van der Waals surface area (Å²) in [6, 6.07) is 7.46. The molecular formula is C30H37BF3N4O2. The predicted octanol–water partition coefficient (Wildman–Crippen LogP) is 5.57. The average molecular weight is 553 g/mol. The summed E-state index contributed by atoms with van der Waals surface area (Å²) >= 11 is 0. The Hall–Kier alpha value is -3.19. The van der Waals surface area contributed by atoms with Gasteiger partial charge in [-0.25, -0.2) is 4.98 Å². The maximum atomic E-state index is 13.2. The molecule has 213 valence electrons. The number of carbonyl (C=O) groups excluding carboxylic acids is 1. The fourth-order valence-electron chi connectivity index (χ4n) is 4.89. The minimum Gasteiger partial charge on any atom is -0.450 e. The van der Waals surface area contributed by atoms with Crippen LogP contribution in [0.4, 0.5) is 13.2 Å². The van der Waals surface area contributed by atoms with Crippen LogP contribution in [0.5, 0.6) is 0 Å². The number of pyridine rings is 1. The fraction of sp³-hybridized carbons (Fsp3) is 0.533. The third-order valence-electron chi connectivity index (χ3n) is 7.48. The molecule has 2 N–H and O–H groups in total. The second-order valence-electron chi connectivity index (χ2n) is 11.3. The van der Waals surface area contributed by atoms with Gasteiger partial charge in [0.15, 0.2) is 0 Å². The number of aromatic nitrogens is 1. The number of amidine groups is 1. The standard InChI is InChI=1S/C23H31F3N2O.C7H6BN2O/c1-5-15(4)10-11-22(13-14(2)3)21(29)27-20(28-22)18-9-8-17(23(24,25)26)12-19(18)16-6-7-16;1-5-2-6(8-11)4-10-7(5)3-9/h8-9,12,14-16H,5-7,10-11,13H2,1-4H3,(H,27,28,29);2,4,11H,1H3. The van der Waals surface area contributed by atoms with Crippen LogP contribution in [0.1, 0.15) is 100 Å². The lowest BCUT2D eigenvalue weighted by molar-refractivity contribution is -0.137. The molecule has 2 aromatic rings. The number of aliphatic imine (C=N–C) groups is 1. The fourth-order valence-corrected chi connectivity index (χ4v) is 4.89. The molecule has 1 saturated carbocycles. The largest absolute Gasteiger partial charge is 0.450 e. The predicted molar refractivity (Wildman–Crippen MR) is 150 cm³/mol. The van der Waals surface area contributed by atoms with Crippen molar-refractivity contribution in [1.82, 2.24) is 10.3 Å². The molecule has 0 saturated heterocycles. The second-order valence-corrected chi connectivity index (χ2v) is 11.3. The molecule has 40 heavy (non-hydrogen) atoms. The Morgan fingerprint density at radius 2 is 1.95 bits per heavy atom. The molecule has 2 aliphatic rings. The summed E-state index contributed by atoms with van der Waals surface area (Å²) in [5.41, 5.74) is 1.62. The Kier molecular flexibility index (Phi) is 10.2. The van der Waals surface area contributed by atoms with Crippen LogP contribution in [-0.2, 0) is 11.0 Å². The number of halogens is 3. The Morgan fingerprint density at radius 1 is 1.25 bits per heavy atom. The first kappa shape index (κ1) is 31.3. The number of carbonyl (C=O) groups is 1. The summed E-state index contributed by atoms with van der Waals surface area (Å²) in [7, 11) is 0.959. The molecule has 6 nitrogen and oxygen atoms in total. The minimum atomic E-state index is -4.37. The van der Waals surface area contributed by atoms with Crippen molar-refractivity contribution < 1.29 is 23.0 Å². The van der Waals surface area contributed by atoms with Crippen LogP contribution in [0.3, 0.4) is 0 Å². The Balaban J connectivity index is 0.000000336. The van der Waals surface area contributed by atoms with Crippen LogP contribution >= 0.6 is 0 Å². The van der Waals surface area contributed by atoms with E-state index in [1.165, 1.54) is 18.3 Å². The summed E-state index contributed by atoms with van der Waals surface area (Å²) in [5.74, 6) is 1.23. The summed E-state index contributed by atoms with van der Waals surface area (Å²) in [6.07, 6.45) is 2.07. The molecule has 10 heteroatoms. The van der Waals surface area contributed by atoms with Crippen LogP contribution < -0.4 is 10.8 Å². The van der Waals surface area contributed by atoms with Crippen molar-refractivity contribution in [3.8, 4) is 6.07 Å². The first-order valence-electron chi connectivity index (χ1n) is 13.8. The van der Waals surface area contributed by atoms with E-state index in [0.29, 0.717) is 46.9 Å². The van der Waals surface area contributed by atoms with E-state index in [-0.39, 0.29) is 17.7 Å².